The molecule has 0 N–H and O–H groups in total. The van der Waals surface area contributed by atoms with Crippen molar-refractivity contribution in [1.82, 2.24) is 0 Å². The molecule has 0 bridgehead atoms. The first-order valence-electron chi connectivity index (χ1n) is 10.1. The van der Waals surface area contributed by atoms with Gasteiger partial charge in [-0.1, -0.05) is 64.2 Å². The molecule has 24 heavy (non-hydrogen) atoms. The van der Waals surface area contributed by atoms with Crippen molar-refractivity contribution in [3.05, 3.63) is 0 Å². The number of esters is 2. The van der Waals surface area contributed by atoms with Gasteiger partial charge in [0, 0.05) is 12.8 Å². The molecule has 0 saturated carbocycles. The molecule has 0 aliphatic carbocycles. The number of ether oxygens (including phenoxy) is 2. The standard InChI is InChI=1S/C20H36O4/c21-19-15-11-12-16-20(22)24-18-14-10-8-6-4-2-1-3-5-7-9-13-17-23-19/h1-18H2. The van der Waals surface area contributed by atoms with Gasteiger partial charge in [-0.3, -0.25) is 9.59 Å². The van der Waals surface area contributed by atoms with E-state index in [0.717, 1.165) is 25.7 Å². The van der Waals surface area contributed by atoms with Crippen molar-refractivity contribution in [3.8, 4) is 0 Å². The van der Waals surface area contributed by atoms with E-state index in [1.807, 2.05) is 0 Å². The minimum atomic E-state index is -0.134. The fraction of sp³-hybridized carbons (Fsp3) is 0.900. The summed E-state index contributed by atoms with van der Waals surface area (Å²) >= 11 is 0. The van der Waals surface area contributed by atoms with Crippen molar-refractivity contribution in [3.63, 3.8) is 0 Å². The Hall–Kier alpha value is -1.06. The van der Waals surface area contributed by atoms with Gasteiger partial charge in [-0.15, -0.1) is 0 Å². The van der Waals surface area contributed by atoms with Gasteiger partial charge in [0.15, 0.2) is 0 Å². The molecule has 1 aliphatic heterocycles. The molecule has 1 rings (SSSR count). The number of rotatable bonds is 0. The SMILES string of the molecule is O=C1CCCCC(=O)OCCCCCCCCCCCCCCO1. The zero-order valence-electron chi connectivity index (χ0n) is 15.4. The lowest BCUT2D eigenvalue weighted by Gasteiger charge is -2.07. The highest BCUT2D eigenvalue weighted by molar-refractivity contribution is 5.70. The lowest BCUT2D eigenvalue weighted by atomic mass is 10.1. The topological polar surface area (TPSA) is 52.6 Å². The van der Waals surface area contributed by atoms with E-state index in [0.29, 0.717) is 38.9 Å². The van der Waals surface area contributed by atoms with Crippen molar-refractivity contribution in [2.75, 3.05) is 13.2 Å². The minimum absolute atomic E-state index is 0.134. The van der Waals surface area contributed by atoms with Gasteiger partial charge in [0.1, 0.15) is 0 Å². The van der Waals surface area contributed by atoms with E-state index in [4.69, 9.17) is 9.47 Å². The first-order valence-corrected chi connectivity index (χ1v) is 10.1. The molecule has 1 aliphatic rings. The third-order valence-corrected chi connectivity index (χ3v) is 4.58. The Balaban J connectivity index is 2.17. The average molecular weight is 341 g/mol. The summed E-state index contributed by atoms with van der Waals surface area (Å²) in [7, 11) is 0. The summed E-state index contributed by atoms with van der Waals surface area (Å²) in [5.41, 5.74) is 0. The predicted molar refractivity (Wildman–Crippen MR) is 95.8 cm³/mol. The predicted octanol–water partition coefficient (Wildman–Crippen LogP) is 5.33. The van der Waals surface area contributed by atoms with Crippen LogP contribution in [0.25, 0.3) is 0 Å². The fourth-order valence-corrected chi connectivity index (χ4v) is 3.03. The number of cyclic esters (lactones) is 2. The maximum Gasteiger partial charge on any atom is 0.305 e. The van der Waals surface area contributed by atoms with Gasteiger partial charge in [0.2, 0.25) is 0 Å². The van der Waals surface area contributed by atoms with E-state index < -0.39 is 0 Å². The monoisotopic (exact) mass is 340 g/mol. The molecular weight excluding hydrogens is 304 g/mol. The molecule has 1 fully saturated rings. The molecule has 1 saturated heterocycles. The Morgan fingerprint density at radius 3 is 1.04 bits per heavy atom. The highest BCUT2D eigenvalue weighted by Crippen LogP contribution is 2.12. The molecule has 140 valence electrons. The van der Waals surface area contributed by atoms with Crippen LogP contribution in [0.15, 0.2) is 0 Å². The number of carbonyl (C=O) groups excluding carboxylic acids is 2. The summed E-state index contributed by atoms with van der Waals surface area (Å²) in [6.07, 6.45) is 16.9. The first kappa shape index (κ1) is 21.0. The Labute approximate surface area is 147 Å². The van der Waals surface area contributed by atoms with Gasteiger partial charge in [-0.05, 0) is 25.7 Å². The highest BCUT2D eigenvalue weighted by Gasteiger charge is 2.06. The second kappa shape index (κ2) is 15.5. The van der Waals surface area contributed by atoms with Gasteiger partial charge in [-0.2, -0.15) is 0 Å². The average Bonchev–Trinajstić information content (AvgIpc) is 2.57. The summed E-state index contributed by atoms with van der Waals surface area (Å²) in [4.78, 5) is 23.1. The van der Waals surface area contributed by atoms with Gasteiger partial charge in [-0.25, -0.2) is 0 Å². The van der Waals surface area contributed by atoms with E-state index in [9.17, 15) is 9.59 Å². The van der Waals surface area contributed by atoms with Crippen LogP contribution in [0, 0.1) is 0 Å². The molecule has 0 atom stereocenters. The van der Waals surface area contributed by atoms with Crippen molar-refractivity contribution >= 4 is 11.9 Å². The lowest BCUT2D eigenvalue weighted by Crippen LogP contribution is -2.08. The number of hydrogen-bond donors (Lipinski definition) is 0. The summed E-state index contributed by atoms with van der Waals surface area (Å²) in [5, 5.41) is 0. The van der Waals surface area contributed by atoms with Gasteiger partial charge in [0.05, 0.1) is 13.2 Å². The zero-order valence-corrected chi connectivity index (χ0v) is 15.4. The van der Waals surface area contributed by atoms with Gasteiger partial charge in [0.25, 0.3) is 0 Å². The van der Waals surface area contributed by atoms with E-state index in [1.165, 1.54) is 51.4 Å². The molecule has 0 radical (unpaired) electrons. The number of hydrogen-bond acceptors (Lipinski definition) is 4. The van der Waals surface area contributed by atoms with E-state index in [2.05, 4.69) is 0 Å². The smallest absolute Gasteiger partial charge is 0.305 e. The number of carbonyl (C=O) groups is 2. The second-order valence-corrected chi connectivity index (χ2v) is 6.89. The summed E-state index contributed by atoms with van der Waals surface area (Å²) in [6, 6.07) is 0. The van der Waals surface area contributed by atoms with E-state index in [1.54, 1.807) is 0 Å². The van der Waals surface area contributed by atoms with Crippen LogP contribution >= 0.6 is 0 Å². The maximum absolute atomic E-state index is 11.6. The Bertz CT molecular complexity index is 296. The Kier molecular flexibility index (Phi) is 13.5. The quantitative estimate of drug-likeness (QED) is 0.559. The molecule has 0 unspecified atom stereocenters. The molecule has 0 spiro atoms. The molecule has 0 aromatic heterocycles. The van der Waals surface area contributed by atoms with E-state index in [-0.39, 0.29) is 11.9 Å². The van der Waals surface area contributed by atoms with Crippen LogP contribution in [0.5, 0.6) is 0 Å². The Morgan fingerprint density at radius 1 is 0.417 bits per heavy atom. The molecule has 4 heteroatoms. The third-order valence-electron chi connectivity index (χ3n) is 4.58. The third kappa shape index (κ3) is 13.4. The van der Waals surface area contributed by atoms with Crippen molar-refractivity contribution < 1.29 is 19.1 Å². The first-order chi connectivity index (χ1) is 11.8. The van der Waals surface area contributed by atoms with E-state index >= 15 is 0 Å². The van der Waals surface area contributed by atoms with Crippen LogP contribution < -0.4 is 0 Å². The fourth-order valence-electron chi connectivity index (χ4n) is 3.03. The Morgan fingerprint density at radius 2 is 0.708 bits per heavy atom. The van der Waals surface area contributed by atoms with Gasteiger partial charge >= 0.3 is 11.9 Å². The van der Waals surface area contributed by atoms with Crippen molar-refractivity contribution in [1.29, 1.82) is 0 Å². The summed E-state index contributed by atoms with van der Waals surface area (Å²) in [6.45, 7) is 1.09. The van der Waals surface area contributed by atoms with Gasteiger partial charge < -0.3 is 9.47 Å². The molecule has 0 aromatic rings. The van der Waals surface area contributed by atoms with Crippen LogP contribution in [0.1, 0.15) is 103 Å². The maximum atomic E-state index is 11.6. The molecule has 0 amide bonds. The zero-order chi connectivity index (χ0) is 17.3. The largest absolute Gasteiger partial charge is 0.466 e. The van der Waals surface area contributed by atoms with Crippen LogP contribution in [0.2, 0.25) is 0 Å². The summed E-state index contributed by atoms with van der Waals surface area (Å²) < 4.78 is 10.5. The highest BCUT2D eigenvalue weighted by atomic mass is 16.5. The summed E-state index contributed by atoms with van der Waals surface area (Å²) in [5.74, 6) is -0.268. The second-order valence-electron chi connectivity index (χ2n) is 6.89. The lowest BCUT2D eigenvalue weighted by molar-refractivity contribution is -0.146. The molecular formula is C20H36O4. The molecule has 4 nitrogen and oxygen atoms in total. The normalized spacial score (nSPS) is 22.5. The van der Waals surface area contributed by atoms with Crippen LogP contribution in [-0.4, -0.2) is 25.2 Å². The van der Waals surface area contributed by atoms with Crippen LogP contribution in [-0.2, 0) is 19.1 Å². The van der Waals surface area contributed by atoms with Crippen LogP contribution in [0.4, 0.5) is 0 Å². The van der Waals surface area contributed by atoms with Crippen LogP contribution in [0.3, 0.4) is 0 Å². The van der Waals surface area contributed by atoms with Crippen molar-refractivity contribution in [2.24, 2.45) is 0 Å². The molecule has 1 heterocycles. The molecule has 0 aromatic carbocycles. The van der Waals surface area contributed by atoms with Crippen molar-refractivity contribution in [2.45, 2.75) is 103 Å². The minimum Gasteiger partial charge on any atom is -0.466 e.